The molecule has 0 radical (unpaired) electrons. The number of benzene rings is 3. The number of hydrogen-bond donors (Lipinski definition) is 1. The monoisotopic (exact) mass is 420 g/mol. The third-order valence-electron chi connectivity index (χ3n) is 4.67. The Labute approximate surface area is 176 Å². The molecule has 0 aromatic heterocycles. The van der Waals surface area contributed by atoms with Gasteiger partial charge in [0.05, 0.1) is 16.7 Å². The number of halogens is 1. The number of nitrogens with zero attached hydrogens (tertiary/aromatic N) is 1. The van der Waals surface area contributed by atoms with Crippen LogP contribution in [-0.2, 0) is 0 Å². The summed E-state index contributed by atoms with van der Waals surface area (Å²) in [4.78, 5) is 39.2. The Morgan fingerprint density at radius 2 is 1.57 bits per heavy atom. The Morgan fingerprint density at radius 3 is 2.27 bits per heavy atom. The van der Waals surface area contributed by atoms with Crippen molar-refractivity contribution < 1.29 is 18.8 Å². The highest BCUT2D eigenvalue weighted by molar-refractivity contribution is 7.99. The van der Waals surface area contributed by atoms with Gasteiger partial charge >= 0.3 is 0 Å². The first-order valence-corrected chi connectivity index (χ1v) is 10.3. The zero-order valence-corrected chi connectivity index (χ0v) is 16.6. The fraction of sp³-hybridized carbons (Fsp3) is 0.0870. The molecule has 1 aliphatic rings. The summed E-state index contributed by atoms with van der Waals surface area (Å²) >= 11 is 1.46. The number of nitrogens with one attached hydrogen (secondary N) is 1. The van der Waals surface area contributed by atoms with E-state index in [4.69, 9.17) is 0 Å². The minimum Gasteiger partial charge on any atom is -0.322 e. The molecule has 3 aromatic rings. The number of imide groups is 1. The van der Waals surface area contributed by atoms with Crippen molar-refractivity contribution in [2.24, 2.45) is 0 Å². The van der Waals surface area contributed by atoms with Gasteiger partial charge in [0.25, 0.3) is 17.7 Å². The summed E-state index contributed by atoms with van der Waals surface area (Å²) < 4.78 is 13.8. The molecular formula is C23H17FN2O3S. The Hall–Kier alpha value is -3.45. The number of carbonyl (C=O) groups excluding carboxylic acids is 3. The molecule has 1 N–H and O–H groups in total. The van der Waals surface area contributed by atoms with Gasteiger partial charge in [0, 0.05) is 22.9 Å². The highest BCUT2D eigenvalue weighted by Gasteiger charge is 2.34. The van der Waals surface area contributed by atoms with Gasteiger partial charge in [0.15, 0.2) is 0 Å². The highest BCUT2D eigenvalue weighted by atomic mass is 32.2. The summed E-state index contributed by atoms with van der Waals surface area (Å²) in [6.45, 7) is 0.281. The Bertz CT molecular complexity index is 1110. The molecule has 7 heteroatoms. The van der Waals surface area contributed by atoms with E-state index in [-0.39, 0.29) is 23.9 Å². The van der Waals surface area contributed by atoms with E-state index >= 15 is 0 Å². The summed E-state index contributed by atoms with van der Waals surface area (Å²) in [7, 11) is 0. The van der Waals surface area contributed by atoms with Crippen molar-refractivity contribution in [1.82, 2.24) is 4.90 Å². The number of fused-ring (bicyclic) bond motifs is 1. The Kier molecular flexibility index (Phi) is 5.63. The van der Waals surface area contributed by atoms with Crippen LogP contribution in [0.25, 0.3) is 0 Å². The molecule has 0 saturated heterocycles. The van der Waals surface area contributed by atoms with Crippen LogP contribution in [-0.4, -0.2) is 34.9 Å². The maximum absolute atomic E-state index is 13.8. The molecule has 0 bridgehead atoms. The second-order valence-corrected chi connectivity index (χ2v) is 7.79. The molecule has 0 aliphatic carbocycles. The molecule has 0 atom stereocenters. The predicted molar refractivity (Wildman–Crippen MR) is 113 cm³/mol. The van der Waals surface area contributed by atoms with Crippen LogP contribution in [0.2, 0.25) is 0 Å². The van der Waals surface area contributed by atoms with Crippen molar-refractivity contribution in [2.75, 3.05) is 17.6 Å². The van der Waals surface area contributed by atoms with E-state index in [9.17, 15) is 18.8 Å². The molecule has 0 fully saturated rings. The maximum Gasteiger partial charge on any atom is 0.261 e. The summed E-state index contributed by atoms with van der Waals surface area (Å²) in [5, 5.41) is 2.69. The van der Waals surface area contributed by atoms with Gasteiger partial charge in [0.2, 0.25) is 0 Å². The average Bonchev–Trinajstić information content (AvgIpc) is 2.99. The summed E-state index contributed by atoms with van der Waals surface area (Å²) in [6, 6.07) is 19.7. The number of carbonyl (C=O) groups is 3. The first kappa shape index (κ1) is 19.8. The van der Waals surface area contributed by atoms with Gasteiger partial charge in [-0.15, -0.1) is 11.8 Å². The number of rotatable bonds is 6. The Balaban J connectivity index is 1.36. The molecule has 1 heterocycles. The Morgan fingerprint density at radius 1 is 0.900 bits per heavy atom. The number of hydrogen-bond acceptors (Lipinski definition) is 4. The van der Waals surface area contributed by atoms with Crippen LogP contribution in [0.3, 0.4) is 0 Å². The molecule has 0 spiro atoms. The topological polar surface area (TPSA) is 66.5 Å². The van der Waals surface area contributed by atoms with Crippen LogP contribution < -0.4 is 5.32 Å². The standard InChI is InChI=1S/C23H17FN2O3S/c24-20-11-4-3-10-19(20)21(27)25-15-6-5-7-16(14-15)30-13-12-26-22(28)17-8-1-2-9-18(17)23(26)29/h1-11,14H,12-13H2,(H,25,27). The minimum atomic E-state index is -0.582. The molecule has 3 aromatic carbocycles. The maximum atomic E-state index is 13.8. The molecule has 5 nitrogen and oxygen atoms in total. The van der Waals surface area contributed by atoms with Crippen molar-refractivity contribution in [2.45, 2.75) is 4.90 Å². The fourth-order valence-electron chi connectivity index (χ4n) is 3.20. The van der Waals surface area contributed by atoms with Crippen LogP contribution in [0.15, 0.2) is 77.7 Å². The zero-order chi connectivity index (χ0) is 21.1. The quantitative estimate of drug-likeness (QED) is 0.472. The van der Waals surface area contributed by atoms with E-state index in [1.807, 2.05) is 6.07 Å². The lowest BCUT2D eigenvalue weighted by Gasteiger charge is -2.13. The van der Waals surface area contributed by atoms with Crippen LogP contribution in [0.1, 0.15) is 31.1 Å². The fourth-order valence-corrected chi connectivity index (χ4v) is 4.10. The minimum absolute atomic E-state index is 0.0267. The van der Waals surface area contributed by atoms with Gasteiger partial charge in [-0.2, -0.15) is 0 Å². The van der Waals surface area contributed by atoms with E-state index in [1.165, 1.54) is 34.9 Å². The van der Waals surface area contributed by atoms with Crippen molar-refractivity contribution in [3.05, 3.63) is 95.3 Å². The summed E-state index contributed by atoms with van der Waals surface area (Å²) in [5.41, 5.74) is 1.38. The van der Waals surface area contributed by atoms with Crippen LogP contribution in [0, 0.1) is 5.82 Å². The van der Waals surface area contributed by atoms with E-state index in [2.05, 4.69) is 5.32 Å². The van der Waals surface area contributed by atoms with E-state index in [1.54, 1.807) is 48.5 Å². The van der Waals surface area contributed by atoms with Crippen LogP contribution in [0.5, 0.6) is 0 Å². The van der Waals surface area contributed by atoms with E-state index in [0.29, 0.717) is 22.6 Å². The molecule has 1 aliphatic heterocycles. The van der Waals surface area contributed by atoms with Crippen LogP contribution in [0.4, 0.5) is 10.1 Å². The normalized spacial score (nSPS) is 12.8. The molecular weight excluding hydrogens is 403 g/mol. The lowest BCUT2D eigenvalue weighted by molar-refractivity contribution is 0.0664. The molecule has 30 heavy (non-hydrogen) atoms. The van der Waals surface area contributed by atoms with Crippen molar-refractivity contribution >= 4 is 35.2 Å². The molecule has 3 amide bonds. The van der Waals surface area contributed by atoms with E-state index in [0.717, 1.165) is 4.90 Å². The van der Waals surface area contributed by atoms with Crippen LogP contribution >= 0.6 is 11.8 Å². The van der Waals surface area contributed by atoms with Crippen molar-refractivity contribution in [3.63, 3.8) is 0 Å². The van der Waals surface area contributed by atoms with Gasteiger partial charge in [-0.1, -0.05) is 30.3 Å². The van der Waals surface area contributed by atoms with Crippen molar-refractivity contribution in [3.8, 4) is 0 Å². The van der Waals surface area contributed by atoms with Crippen molar-refractivity contribution in [1.29, 1.82) is 0 Å². The lowest BCUT2D eigenvalue weighted by Crippen LogP contribution is -2.31. The predicted octanol–water partition coefficient (Wildman–Crippen LogP) is 4.47. The number of anilines is 1. The molecule has 4 rings (SSSR count). The van der Waals surface area contributed by atoms with Gasteiger partial charge in [-0.3, -0.25) is 19.3 Å². The smallest absolute Gasteiger partial charge is 0.261 e. The number of thioether (sulfide) groups is 1. The molecule has 0 saturated carbocycles. The second kappa shape index (κ2) is 8.51. The van der Waals surface area contributed by atoms with Gasteiger partial charge in [0.1, 0.15) is 5.82 Å². The van der Waals surface area contributed by atoms with E-state index < -0.39 is 11.7 Å². The van der Waals surface area contributed by atoms with Gasteiger partial charge in [-0.05, 0) is 42.5 Å². The van der Waals surface area contributed by atoms with Gasteiger partial charge < -0.3 is 5.32 Å². The number of amides is 3. The summed E-state index contributed by atoms with van der Waals surface area (Å²) in [5.74, 6) is -1.15. The zero-order valence-electron chi connectivity index (χ0n) is 15.8. The summed E-state index contributed by atoms with van der Waals surface area (Å²) in [6.07, 6.45) is 0. The lowest BCUT2D eigenvalue weighted by atomic mass is 10.1. The first-order chi connectivity index (χ1) is 14.5. The third kappa shape index (κ3) is 3.97. The second-order valence-electron chi connectivity index (χ2n) is 6.62. The highest BCUT2D eigenvalue weighted by Crippen LogP contribution is 2.25. The average molecular weight is 420 g/mol. The first-order valence-electron chi connectivity index (χ1n) is 9.28. The largest absolute Gasteiger partial charge is 0.322 e. The third-order valence-corrected chi connectivity index (χ3v) is 5.65. The molecule has 0 unspecified atom stereocenters. The van der Waals surface area contributed by atoms with Gasteiger partial charge in [-0.25, -0.2) is 4.39 Å². The molecule has 150 valence electrons. The SMILES string of the molecule is O=C(Nc1cccc(SCCN2C(=O)c3ccccc3C2=O)c1)c1ccccc1F.